The number of benzene rings is 1. The van der Waals surface area contributed by atoms with Gasteiger partial charge in [0.1, 0.15) is 0 Å². The summed E-state index contributed by atoms with van der Waals surface area (Å²) in [7, 11) is 0. The summed E-state index contributed by atoms with van der Waals surface area (Å²) in [4.78, 5) is 16.9. The first-order chi connectivity index (χ1) is 15.7. The number of hydrogen-bond donors (Lipinski definition) is 0. The van der Waals surface area contributed by atoms with Crippen molar-refractivity contribution in [2.75, 3.05) is 19.6 Å². The van der Waals surface area contributed by atoms with E-state index >= 15 is 0 Å². The summed E-state index contributed by atoms with van der Waals surface area (Å²) in [5.74, 6) is 0.735. The predicted molar refractivity (Wildman–Crippen MR) is 129 cm³/mol. The van der Waals surface area contributed by atoms with Crippen molar-refractivity contribution in [3.63, 3.8) is 0 Å². The molecule has 3 saturated heterocycles. The highest BCUT2D eigenvalue weighted by atomic mass is 32.1. The second-order valence-corrected chi connectivity index (χ2v) is 11.2. The van der Waals surface area contributed by atoms with E-state index in [0.29, 0.717) is 12.6 Å². The molecule has 172 valence electrons. The van der Waals surface area contributed by atoms with Crippen LogP contribution in [-0.2, 0) is 17.7 Å². The molecule has 4 aliphatic rings. The van der Waals surface area contributed by atoms with Gasteiger partial charge in [0.15, 0.2) is 0 Å². The number of hydrogen-bond acceptors (Lipinski definition) is 3. The first-order valence-electron chi connectivity index (χ1n) is 12.6. The van der Waals surface area contributed by atoms with Crippen LogP contribution in [0, 0.1) is 5.92 Å². The van der Waals surface area contributed by atoms with Gasteiger partial charge >= 0.3 is 6.09 Å². The molecule has 2 aromatic rings. The highest BCUT2D eigenvalue weighted by Gasteiger charge is 2.49. The van der Waals surface area contributed by atoms with Gasteiger partial charge < -0.3 is 4.74 Å². The van der Waals surface area contributed by atoms with Gasteiger partial charge in [0.2, 0.25) is 6.23 Å². The summed E-state index contributed by atoms with van der Waals surface area (Å²) >= 11 is 1.74. The van der Waals surface area contributed by atoms with E-state index in [4.69, 9.17) is 4.74 Å². The number of nitrogens with zero attached hydrogens (tertiary/aromatic N) is 2. The molecule has 2 bridgehead atoms. The van der Waals surface area contributed by atoms with Gasteiger partial charge in [0.05, 0.1) is 26.2 Å². The maximum Gasteiger partial charge on any atom is 0.414 e. The van der Waals surface area contributed by atoms with Crippen LogP contribution in [-0.4, -0.2) is 47.4 Å². The average Bonchev–Trinajstić information content (AvgIpc) is 3.54. The third-order valence-corrected chi connectivity index (χ3v) is 9.03. The fourth-order valence-electron chi connectivity index (χ4n) is 6.25. The smallest absolute Gasteiger partial charge is 0.396 e. The van der Waals surface area contributed by atoms with Crippen LogP contribution in [0.1, 0.15) is 61.8 Å². The lowest BCUT2D eigenvalue weighted by atomic mass is 9.84. The summed E-state index contributed by atoms with van der Waals surface area (Å²) in [6, 6.07) is 15.4. The zero-order chi connectivity index (χ0) is 21.8. The number of amides is 1. The van der Waals surface area contributed by atoms with Crippen LogP contribution in [0.15, 0.2) is 47.8 Å². The van der Waals surface area contributed by atoms with Crippen LogP contribution in [0.25, 0.3) is 0 Å². The van der Waals surface area contributed by atoms with Gasteiger partial charge in [-0.3, -0.25) is 9.38 Å². The van der Waals surface area contributed by atoms with Crippen LogP contribution >= 0.6 is 11.3 Å². The SMILES string of the molecule is O=C(OC1CC2CC[N+]1(CCCc1ccccc1)CC2)N(Cc1cccs1)C1CCCC1. The molecule has 1 saturated carbocycles. The molecule has 0 radical (unpaired) electrons. The number of carbonyl (C=O) groups is 1. The Bertz CT molecular complexity index is 855. The maximum atomic E-state index is 13.5. The van der Waals surface area contributed by atoms with Gasteiger partial charge in [-0.05, 0) is 42.2 Å². The van der Waals surface area contributed by atoms with Crippen LogP contribution in [0.4, 0.5) is 4.79 Å². The molecule has 5 heteroatoms. The molecular weight excluding hydrogens is 416 g/mol. The zero-order valence-electron chi connectivity index (χ0n) is 19.2. The number of piperidine rings is 3. The molecule has 1 amide bonds. The standard InChI is InChI=1S/C27H37N2O2S/c30-27(28(24-11-4-5-12-24)21-25-13-7-19-32-25)31-26-20-23-14-17-29(26,18-15-23)16-6-10-22-8-2-1-3-9-22/h1-3,7-9,13,19,23-24,26H,4-6,10-12,14-18,20-21H2/q+1. The Hall–Kier alpha value is -1.85. The molecule has 1 atom stereocenters. The van der Waals surface area contributed by atoms with Crippen LogP contribution < -0.4 is 0 Å². The first-order valence-corrected chi connectivity index (χ1v) is 13.5. The van der Waals surface area contributed by atoms with Crippen molar-refractivity contribution in [1.29, 1.82) is 0 Å². The third kappa shape index (κ3) is 4.89. The number of ether oxygens (including phenoxy) is 1. The topological polar surface area (TPSA) is 29.5 Å². The highest BCUT2D eigenvalue weighted by molar-refractivity contribution is 7.09. The van der Waals surface area contributed by atoms with Crippen LogP contribution in [0.2, 0.25) is 0 Å². The van der Waals surface area contributed by atoms with Gasteiger partial charge in [-0.15, -0.1) is 11.3 Å². The molecule has 0 spiro atoms. The van der Waals surface area contributed by atoms with E-state index < -0.39 is 0 Å². The number of carbonyl (C=O) groups excluding carboxylic acids is 1. The minimum absolute atomic E-state index is 0.0398. The Kier molecular flexibility index (Phi) is 6.84. The van der Waals surface area contributed by atoms with Gasteiger partial charge in [0, 0.05) is 36.6 Å². The van der Waals surface area contributed by atoms with Gasteiger partial charge in [0.25, 0.3) is 0 Å². The molecule has 1 aromatic carbocycles. The molecule has 1 aromatic heterocycles. The van der Waals surface area contributed by atoms with Gasteiger partial charge in [-0.25, -0.2) is 4.79 Å². The number of quaternary nitrogens is 1. The Morgan fingerprint density at radius 1 is 1.03 bits per heavy atom. The van der Waals surface area contributed by atoms with Crippen molar-refractivity contribution in [2.24, 2.45) is 5.92 Å². The molecule has 4 nitrogen and oxygen atoms in total. The molecule has 4 heterocycles. The average molecular weight is 454 g/mol. The summed E-state index contributed by atoms with van der Waals surface area (Å²) in [6.07, 6.45) is 10.6. The predicted octanol–water partition coefficient (Wildman–Crippen LogP) is 6.22. The highest BCUT2D eigenvalue weighted by Crippen LogP contribution is 2.40. The van der Waals surface area contributed by atoms with E-state index in [1.807, 2.05) is 0 Å². The van der Waals surface area contributed by atoms with Gasteiger partial charge in [-0.1, -0.05) is 49.2 Å². The Morgan fingerprint density at radius 2 is 1.81 bits per heavy atom. The summed E-state index contributed by atoms with van der Waals surface area (Å²) in [5, 5.41) is 2.10. The molecule has 1 unspecified atom stereocenters. The minimum Gasteiger partial charge on any atom is -0.396 e. The number of thiophene rings is 1. The maximum absolute atomic E-state index is 13.5. The van der Waals surface area contributed by atoms with E-state index in [0.717, 1.165) is 49.0 Å². The lowest BCUT2D eigenvalue weighted by Gasteiger charge is -2.53. The largest absolute Gasteiger partial charge is 0.414 e. The number of aryl methyl sites for hydroxylation is 1. The minimum atomic E-state index is -0.0663. The van der Waals surface area contributed by atoms with Crippen molar-refractivity contribution in [3.8, 4) is 0 Å². The molecular formula is C27H37N2O2S+. The van der Waals surface area contributed by atoms with Gasteiger partial charge in [-0.2, -0.15) is 0 Å². The second kappa shape index (κ2) is 9.96. The summed E-state index contributed by atoms with van der Waals surface area (Å²) < 4.78 is 7.41. The van der Waals surface area contributed by atoms with Crippen molar-refractivity contribution >= 4 is 17.4 Å². The molecule has 3 aliphatic heterocycles. The van der Waals surface area contributed by atoms with Crippen LogP contribution in [0.3, 0.4) is 0 Å². The molecule has 1 aliphatic carbocycles. The van der Waals surface area contributed by atoms with E-state index in [-0.39, 0.29) is 12.3 Å². The second-order valence-electron chi connectivity index (χ2n) is 10.1. The third-order valence-electron chi connectivity index (χ3n) is 8.17. The van der Waals surface area contributed by atoms with Crippen molar-refractivity contribution in [1.82, 2.24) is 4.90 Å². The molecule has 4 fully saturated rings. The summed E-state index contributed by atoms with van der Waals surface area (Å²) in [6.45, 7) is 4.16. The Labute approximate surface area is 196 Å². The molecule has 6 rings (SSSR count). The lowest BCUT2D eigenvalue weighted by molar-refractivity contribution is -0.984. The quantitative estimate of drug-likeness (QED) is 0.444. The molecule has 32 heavy (non-hydrogen) atoms. The summed E-state index contributed by atoms with van der Waals surface area (Å²) in [5.41, 5.74) is 1.41. The fourth-order valence-corrected chi connectivity index (χ4v) is 6.95. The Morgan fingerprint density at radius 3 is 2.53 bits per heavy atom. The lowest BCUT2D eigenvalue weighted by Crippen LogP contribution is -2.66. The first kappa shape index (κ1) is 22.0. The van der Waals surface area contributed by atoms with E-state index in [1.165, 1.54) is 49.2 Å². The normalized spacial score (nSPS) is 27.5. The monoisotopic (exact) mass is 453 g/mol. The van der Waals surface area contributed by atoms with Crippen molar-refractivity contribution in [2.45, 2.75) is 76.6 Å². The number of fused-ring (bicyclic) bond motifs is 3. The fraction of sp³-hybridized carbons (Fsp3) is 0.593. The Balaban J connectivity index is 1.26. The van der Waals surface area contributed by atoms with E-state index in [9.17, 15) is 4.79 Å². The van der Waals surface area contributed by atoms with E-state index in [2.05, 4.69) is 52.7 Å². The van der Waals surface area contributed by atoms with Crippen molar-refractivity contribution < 1.29 is 14.0 Å². The number of rotatable bonds is 8. The zero-order valence-corrected chi connectivity index (χ0v) is 20.0. The van der Waals surface area contributed by atoms with E-state index in [1.54, 1.807) is 11.3 Å². The van der Waals surface area contributed by atoms with Crippen LogP contribution in [0.5, 0.6) is 0 Å². The molecule has 0 N–H and O–H groups in total. The van der Waals surface area contributed by atoms with Crippen molar-refractivity contribution in [3.05, 3.63) is 58.3 Å².